The first-order valence-corrected chi connectivity index (χ1v) is 18.5. The number of rotatable bonds is 4. The predicted octanol–water partition coefficient (Wildman–Crippen LogP) is 13.1. The molecule has 2 heterocycles. The average Bonchev–Trinajstić information content (AvgIpc) is 3.47. The number of aromatic hydroxyl groups is 1. The van der Waals surface area contributed by atoms with Crippen molar-refractivity contribution in [2.24, 2.45) is 0 Å². The monoisotopic (exact) mass is 874 g/mol. The van der Waals surface area contributed by atoms with Gasteiger partial charge in [0.2, 0.25) is 0 Å². The molecule has 1 N–H and O–H groups in total. The van der Waals surface area contributed by atoms with E-state index in [-0.39, 0.29) is 48.5 Å². The number of thiazole rings is 1. The third kappa shape index (κ3) is 7.93. The van der Waals surface area contributed by atoms with E-state index in [1.807, 2.05) is 24.4 Å². The summed E-state index contributed by atoms with van der Waals surface area (Å²) in [6, 6.07) is 31.5. The normalized spacial score (nSPS) is 12.6. The van der Waals surface area contributed by atoms with Crippen molar-refractivity contribution in [1.82, 2.24) is 9.97 Å². The van der Waals surface area contributed by atoms with Gasteiger partial charge in [-0.25, -0.2) is 4.98 Å². The van der Waals surface area contributed by atoms with E-state index in [1.54, 1.807) is 17.4 Å². The Hall–Kier alpha value is -3.59. The van der Waals surface area contributed by atoms with Crippen molar-refractivity contribution in [1.29, 1.82) is 0 Å². The first kappa shape index (κ1) is 38.6. The molecule has 6 rings (SSSR count). The molecule has 0 unspecified atom stereocenters. The Morgan fingerprint density at radius 3 is 1.84 bits per heavy atom. The summed E-state index contributed by atoms with van der Waals surface area (Å²) in [5.41, 5.74) is 12.9. The second-order valence-electron chi connectivity index (χ2n) is 17.8. The molecule has 0 aliphatic rings. The van der Waals surface area contributed by atoms with E-state index in [0.717, 1.165) is 48.7 Å². The molecule has 0 saturated carbocycles. The second-order valence-corrected chi connectivity index (χ2v) is 18.8. The molecule has 0 aliphatic carbocycles. The number of pyridine rings is 1. The minimum atomic E-state index is -0.169. The van der Waals surface area contributed by atoms with Gasteiger partial charge in [0.05, 0.1) is 11.1 Å². The Morgan fingerprint density at radius 2 is 1.25 bits per heavy atom. The number of hydrogen-bond acceptors (Lipinski definition) is 4. The van der Waals surface area contributed by atoms with Gasteiger partial charge in [0, 0.05) is 37.7 Å². The van der Waals surface area contributed by atoms with E-state index in [1.165, 1.54) is 27.8 Å². The van der Waals surface area contributed by atoms with Crippen molar-refractivity contribution < 1.29 is 26.2 Å². The number of nitrogens with zero attached hydrogens (tertiary/aromatic N) is 2. The van der Waals surface area contributed by atoms with Gasteiger partial charge in [-0.15, -0.1) is 40.2 Å². The molecule has 0 bridgehead atoms. The van der Waals surface area contributed by atoms with E-state index >= 15 is 0 Å². The Bertz CT molecular complexity index is 2190. The van der Waals surface area contributed by atoms with Gasteiger partial charge in [0.15, 0.2) is 0 Å². The van der Waals surface area contributed by atoms with Gasteiger partial charge in [-0.05, 0) is 68.2 Å². The van der Waals surface area contributed by atoms with Crippen molar-refractivity contribution in [3.8, 4) is 49.8 Å². The molecule has 51 heavy (non-hydrogen) atoms. The molecule has 0 spiro atoms. The number of hydrogen-bond donors (Lipinski definition) is 1. The minimum Gasteiger partial charge on any atom is -0.507 e. The van der Waals surface area contributed by atoms with Gasteiger partial charge in [-0.2, -0.15) is 0 Å². The molecule has 5 heteroatoms. The van der Waals surface area contributed by atoms with E-state index < -0.39 is 0 Å². The summed E-state index contributed by atoms with van der Waals surface area (Å²) >= 11 is 1.60. The fourth-order valence-electron chi connectivity index (χ4n) is 6.63. The minimum absolute atomic E-state index is 0. The predicted molar refractivity (Wildman–Crippen MR) is 214 cm³/mol. The summed E-state index contributed by atoms with van der Waals surface area (Å²) in [5, 5.41) is 11.5. The van der Waals surface area contributed by atoms with Crippen LogP contribution in [-0.4, -0.2) is 15.1 Å². The SMILES string of the molecule is CC(C)(C)c1cc(-c2ccnc(-c3[c-]c(-c4cccc5sc(-c6ccccc6O)nc45)c(C(C)(C)C)c(C(C)(C)C)c3)c2)cc(C(C)(C)C)c1.[Pt]. The third-order valence-electron chi connectivity index (χ3n) is 9.48. The zero-order valence-electron chi connectivity index (χ0n) is 32.1. The molecule has 0 amide bonds. The van der Waals surface area contributed by atoms with Crippen molar-refractivity contribution >= 4 is 21.6 Å². The quantitative estimate of drug-likeness (QED) is 0.180. The van der Waals surface area contributed by atoms with Crippen LogP contribution in [0.15, 0.2) is 85.1 Å². The Kier molecular flexibility index (Phi) is 10.4. The zero-order valence-corrected chi connectivity index (χ0v) is 35.2. The van der Waals surface area contributed by atoms with E-state index in [0.29, 0.717) is 0 Å². The smallest absolute Gasteiger partial charge is 0.127 e. The van der Waals surface area contributed by atoms with Gasteiger partial charge < -0.3 is 5.11 Å². The number of fused-ring (bicyclic) bond motifs is 1. The standard InChI is InChI=1S/C46H51N2OS.Pt/c1-43(2,3)31-22-29(23-32(27-31)44(4,5)6)28-20-21-47-37(26-28)30-24-35(40(46(10,11)12)36(25-30)45(7,8)9)33-17-15-19-39-41(33)48-42(50-39)34-16-13-14-18-38(34)49;/h13-23,25-27,49H,1-12H3;/q-1;. The van der Waals surface area contributed by atoms with Crippen LogP contribution < -0.4 is 0 Å². The number of phenols is 1. The summed E-state index contributed by atoms with van der Waals surface area (Å²) in [7, 11) is 0. The fraction of sp³-hybridized carbons (Fsp3) is 0.348. The van der Waals surface area contributed by atoms with Crippen LogP contribution in [0.2, 0.25) is 0 Å². The second kappa shape index (κ2) is 13.8. The van der Waals surface area contributed by atoms with E-state index in [4.69, 9.17) is 9.97 Å². The van der Waals surface area contributed by atoms with Gasteiger partial charge in [0.25, 0.3) is 0 Å². The van der Waals surface area contributed by atoms with Crippen LogP contribution in [0, 0.1) is 6.07 Å². The van der Waals surface area contributed by atoms with E-state index in [2.05, 4.69) is 144 Å². The first-order valence-electron chi connectivity index (χ1n) is 17.6. The van der Waals surface area contributed by atoms with Crippen LogP contribution in [0.5, 0.6) is 5.75 Å². The van der Waals surface area contributed by atoms with Crippen LogP contribution in [0.4, 0.5) is 0 Å². The molecule has 0 radical (unpaired) electrons. The number of aromatic nitrogens is 2. The van der Waals surface area contributed by atoms with Crippen molar-refractivity contribution in [2.45, 2.75) is 105 Å². The third-order valence-corrected chi connectivity index (χ3v) is 10.5. The maximum Gasteiger partial charge on any atom is 0.127 e. The summed E-state index contributed by atoms with van der Waals surface area (Å²) in [6.07, 6.45) is 1.94. The fourth-order valence-corrected chi connectivity index (χ4v) is 7.66. The van der Waals surface area contributed by atoms with Crippen LogP contribution in [-0.2, 0) is 42.7 Å². The molecular formula is C46H51N2OPtS-. The Balaban J connectivity index is 0.00000504. The van der Waals surface area contributed by atoms with Gasteiger partial charge >= 0.3 is 0 Å². The molecule has 3 nitrogen and oxygen atoms in total. The number of para-hydroxylation sites is 2. The van der Waals surface area contributed by atoms with Crippen LogP contribution in [0.1, 0.15) is 105 Å². The van der Waals surface area contributed by atoms with Crippen LogP contribution >= 0.6 is 11.3 Å². The van der Waals surface area contributed by atoms with Gasteiger partial charge in [-0.1, -0.05) is 143 Å². The summed E-state index contributed by atoms with van der Waals surface area (Å²) in [6.45, 7) is 27.4. The first-order chi connectivity index (χ1) is 23.2. The van der Waals surface area contributed by atoms with Crippen molar-refractivity contribution in [2.75, 3.05) is 0 Å². The topological polar surface area (TPSA) is 46.0 Å². The van der Waals surface area contributed by atoms with Gasteiger partial charge in [-0.3, -0.25) is 4.98 Å². The van der Waals surface area contributed by atoms with Gasteiger partial charge in [0.1, 0.15) is 10.8 Å². The van der Waals surface area contributed by atoms with Crippen LogP contribution in [0.25, 0.3) is 54.3 Å². The number of phenolic OH excluding ortho intramolecular Hbond substituents is 1. The summed E-state index contributed by atoms with van der Waals surface area (Å²) in [4.78, 5) is 10.1. The molecular weight excluding hydrogens is 824 g/mol. The summed E-state index contributed by atoms with van der Waals surface area (Å²) in [5.74, 6) is 0.237. The molecule has 0 fully saturated rings. The Labute approximate surface area is 323 Å². The number of benzene rings is 4. The molecule has 4 aromatic carbocycles. The maximum atomic E-state index is 10.7. The average molecular weight is 875 g/mol. The van der Waals surface area contributed by atoms with Crippen molar-refractivity contribution in [3.05, 3.63) is 113 Å². The Morgan fingerprint density at radius 1 is 0.627 bits per heavy atom. The zero-order chi connectivity index (χ0) is 36.4. The molecule has 0 aliphatic heterocycles. The van der Waals surface area contributed by atoms with Crippen LogP contribution in [0.3, 0.4) is 0 Å². The molecule has 268 valence electrons. The molecule has 0 atom stereocenters. The largest absolute Gasteiger partial charge is 0.507 e. The maximum absolute atomic E-state index is 10.7. The molecule has 0 saturated heterocycles. The summed E-state index contributed by atoms with van der Waals surface area (Å²) < 4.78 is 1.07. The van der Waals surface area contributed by atoms with E-state index in [9.17, 15) is 5.11 Å². The molecule has 6 aromatic rings. The van der Waals surface area contributed by atoms with Crippen molar-refractivity contribution in [3.63, 3.8) is 0 Å². The molecule has 2 aromatic heterocycles.